The van der Waals surface area contributed by atoms with Crippen LogP contribution in [0, 0.1) is 0 Å². The molecular weight excluding hydrogens is 364 g/mol. The first kappa shape index (κ1) is 18.9. The fraction of sp³-hybridized carbons (Fsp3) is 0.208. The number of rotatable bonds is 3. The Labute approximate surface area is 168 Å². The number of aliphatic carboxylic acids is 1. The minimum Gasteiger partial charge on any atom is -0.507 e. The Morgan fingerprint density at radius 1 is 1.07 bits per heavy atom. The Morgan fingerprint density at radius 2 is 1.79 bits per heavy atom. The Bertz CT molecular complexity index is 1260. The number of nitrogens with zero attached hydrogens (tertiary/aromatic N) is 1. The van der Waals surface area contributed by atoms with Crippen molar-refractivity contribution >= 4 is 27.8 Å². The summed E-state index contributed by atoms with van der Waals surface area (Å²) >= 11 is 0. The first-order valence-corrected chi connectivity index (χ1v) is 9.53. The molecule has 0 aliphatic rings. The molecule has 0 atom stereocenters. The summed E-state index contributed by atoms with van der Waals surface area (Å²) in [5.74, 6) is -0.767. The van der Waals surface area contributed by atoms with Crippen molar-refractivity contribution in [3.8, 4) is 17.0 Å². The highest BCUT2D eigenvalue weighted by Gasteiger charge is 2.23. The van der Waals surface area contributed by atoms with Crippen molar-refractivity contribution in [2.45, 2.75) is 32.6 Å². The van der Waals surface area contributed by atoms with E-state index in [1.165, 1.54) is 0 Å². The largest absolute Gasteiger partial charge is 0.507 e. The van der Waals surface area contributed by atoms with Crippen molar-refractivity contribution in [2.75, 3.05) is 0 Å². The average Bonchev–Trinajstić information content (AvgIpc) is 2.67. The molecule has 0 bridgehead atoms. The average molecular weight is 387 g/mol. The minimum absolute atomic E-state index is 0.110. The third-order valence-corrected chi connectivity index (χ3v) is 5.10. The summed E-state index contributed by atoms with van der Waals surface area (Å²) in [5, 5.41) is 22.3. The van der Waals surface area contributed by atoms with Gasteiger partial charge >= 0.3 is 5.97 Å². The topological polar surface area (TPSA) is 84.6 Å². The number of carboxylic acids is 1. The number of phenolic OH excluding ortho intramolecular Hbond substituents is 1. The lowest BCUT2D eigenvalue weighted by atomic mass is 9.83. The van der Waals surface area contributed by atoms with Crippen LogP contribution in [0.3, 0.4) is 0 Å². The van der Waals surface area contributed by atoms with Gasteiger partial charge in [-0.25, -0.2) is 9.97 Å². The number of H-pyrrole nitrogens is 1. The molecule has 0 fully saturated rings. The molecule has 0 aliphatic carbocycles. The second-order valence-corrected chi connectivity index (χ2v) is 8.33. The van der Waals surface area contributed by atoms with Crippen molar-refractivity contribution < 1.29 is 20.0 Å². The Hall–Kier alpha value is -3.47. The van der Waals surface area contributed by atoms with Crippen LogP contribution in [0.1, 0.15) is 31.9 Å². The van der Waals surface area contributed by atoms with Gasteiger partial charge in [-0.3, -0.25) is 4.79 Å². The first-order valence-electron chi connectivity index (χ1n) is 9.53. The molecule has 4 rings (SSSR count). The van der Waals surface area contributed by atoms with E-state index >= 15 is 0 Å². The highest BCUT2D eigenvalue weighted by Crippen LogP contribution is 2.39. The zero-order valence-corrected chi connectivity index (χ0v) is 16.7. The van der Waals surface area contributed by atoms with Crippen molar-refractivity contribution in [1.82, 2.24) is 4.98 Å². The van der Waals surface area contributed by atoms with Crippen LogP contribution in [-0.4, -0.2) is 21.2 Å². The zero-order valence-electron chi connectivity index (χ0n) is 16.7. The molecular formula is C24H23N2O3+. The highest BCUT2D eigenvalue weighted by atomic mass is 16.4. The molecule has 4 aromatic rings. The minimum atomic E-state index is -0.909. The number of benzene rings is 2. The smallest absolute Gasteiger partial charge is 0.307 e. The van der Waals surface area contributed by atoms with Crippen molar-refractivity contribution in [3.05, 3.63) is 65.9 Å². The van der Waals surface area contributed by atoms with E-state index < -0.39 is 5.97 Å². The molecule has 0 spiro atoms. The molecule has 29 heavy (non-hydrogen) atoms. The quantitative estimate of drug-likeness (QED) is 0.507. The number of carbonyl (C=O) groups is 1. The van der Waals surface area contributed by atoms with Gasteiger partial charge in [0.1, 0.15) is 11.3 Å². The molecule has 0 unspecified atom stereocenters. The summed E-state index contributed by atoms with van der Waals surface area (Å²) < 4.78 is 0. The molecule has 2 heterocycles. The Morgan fingerprint density at radius 3 is 2.52 bits per heavy atom. The standard InChI is InChI=1S/C24H22N2O3/c1-24(2,3)18-12-14(13-20(27)28)11-17(23(18)29)19-9-8-16-7-6-15-5-4-10-25-21(15)22(16)26-19/h4-12,29H,13H2,1-3H3,(H,27,28)/p+1. The molecule has 0 amide bonds. The van der Waals surface area contributed by atoms with Crippen molar-refractivity contribution in [1.29, 1.82) is 0 Å². The van der Waals surface area contributed by atoms with E-state index in [9.17, 15) is 15.0 Å². The molecule has 2 aromatic carbocycles. The Kier molecular flexibility index (Phi) is 4.46. The molecule has 146 valence electrons. The molecule has 5 heteroatoms. The van der Waals surface area contributed by atoms with Gasteiger partial charge in [-0.2, -0.15) is 0 Å². The molecule has 0 saturated heterocycles. The summed E-state index contributed by atoms with van der Waals surface area (Å²) in [5.41, 5.74) is 3.88. The zero-order chi connectivity index (χ0) is 20.8. The number of aromatic nitrogens is 2. The SMILES string of the molecule is CC(C)(C)c1cc(CC(=O)O)cc(-c2ccc3ccc4ccc[nH+]c4c3n2)c1O. The van der Waals surface area contributed by atoms with Gasteiger partial charge in [-0.05, 0) is 35.2 Å². The van der Waals surface area contributed by atoms with Gasteiger partial charge in [0.25, 0.3) is 0 Å². The molecule has 0 saturated carbocycles. The first-order chi connectivity index (χ1) is 13.7. The number of fused-ring (bicyclic) bond motifs is 3. The van der Waals surface area contributed by atoms with Crippen LogP contribution in [-0.2, 0) is 16.6 Å². The molecule has 0 radical (unpaired) electrons. The van der Waals surface area contributed by atoms with Gasteiger partial charge in [-0.15, -0.1) is 0 Å². The maximum absolute atomic E-state index is 11.3. The lowest BCUT2D eigenvalue weighted by molar-refractivity contribution is -0.343. The number of hydrogen-bond donors (Lipinski definition) is 2. The molecule has 0 aliphatic heterocycles. The molecule has 2 aromatic heterocycles. The van der Waals surface area contributed by atoms with Gasteiger partial charge < -0.3 is 10.2 Å². The molecule has 3 N–H and O–H groups in total. The number of phenols is 1. The van der Waals surface area contributed by atoms with Crippen LogP contribution >= 0.6 is 0 Å². The summed E-state index contributed by atoms with van der Waals surface area (Å²) in [7, 11) is 0. The fourth-order valence-corrected chi connectivity index (χ4v) is 3.67. The summed E-state index contributed by atoms with van der Waals surface area (Å²) in [6.45, 7) is 5.98. The van der Waals surface area contributed by atoms with E-state index in [0.717, 1.165) is 21.8 Å². The summed E-state index contributed by atoms with van der Waals surface area (Å²) in [4.78, 5) is 19.4. The van der Waals surface area contributed by atoms with Gasteiger partial charge in [0.05, 0.1) is 12.1 Å². The van der Waals surface area contributed by atoms with Crippen molar-refractivity contribution in [3.63, 3.8) is 0 Å². The second kappa shape index (κ2) is 6.85. The van der Waals surface area contributed by atoms with E-state index in [2.05, 4.69) is 4.98 Å². The van der Waals surface area contributed by atoms with Crippen LogP contribution in [0.15, 0.2) is 54.7 Å². The van der Waals surface area contributed by atoms with E-state index in [0.29, 0.717) is 22.4 Å². The van der Waals surface area contributed by atoms with Gasteiger partial charge in [0.2, 0.25) is 5.52 Å². The monoisotopic (exact) mass is 387 g/mol. The van der Waals surface area contributed by atoms with Crippen LogP contribution in [0.25, 0.3) is 33.1 Å². The van der Waals surface area contributed by atoms with Crippen LogP contribution < -0.4 is 4.98 Å². The van der Waals surface area contributed by atoms with Crippen LogP contribution in [0.2, 0.25) is 0 Å². The highest BCUT2D eigenvalue weighted by molar-refractivity contribution is 6.01. The Balaban J connectivity index is 1.99. The third kappa shape index (κ3) is 3.51. The predicted molar refractivity (Wildman–Crippen MR) is 113 cm³/mol. The number of hydrogen-bond acceptors (Lipinski definition) is 3. The normalized spacial score (nSPS) is 11.8. The fourth-order valence-electron chi connectivity index (χ4n) is 3.67. The van der Waals surface area contributed by atoms with Crippen molar-refractivity contribution in [2.24, 2.45) is 0 Å². The number of nitrogens with one attached hydrogen (secondary N) is 1. The summed E-state index contributed by atoms with van der Waals surface area (Å²) in [6.07, 6.45) is 1.75. The summed E-state index contributed by atoms with van der Waals surface area (Å²) in [6, 6.07) is 15.3. The maximum Gasteiger partial charge on any atom is 0.307 e. The van der Waals surface area contributed by atoms with E-state index in [1.807, 2.05) is 63.4 Å². The maximum atomic E-state index is 11.3. The second-order valence-electron chi connectivity index (χ2n) is 8.33. The number of aromatic hydroxyl groups is 1. The third-order valence-electron chi connectivity index (χ3n) is 5.10. The van der Waals surface area contributed by atoms with E-state index in [-0.39, 0.29) is 17.6 Å². The number of pyridine rings is 2. The number of carboxylic acid groups (broad SMARTS) is 1. The van der Waals surface area contributed by atoms with Gasteiger partial charge in [-0.1, -0.05) is 39.0 Å². The van der Waals surface area contributed by atoms with Crippen LogP contribution in [0.4, 0.5) is 0 Å². The van der Waals surface area contributed by atoms with Gasteiger partial charge in [0, 0.05) is 28.0 Å². The lowest BCUT2D eigenvalue weighted by Gasteiger charge is -2.23. The van der Waals surface area contributed by atoms with E-state index in [4.69, 9.17) is 4.98 Å². The molecule has 5 nitrogen and oxygen atoms in total. The van der Waals surface area contributed by atoms with Gasteiger partial charge in [0.15, 0.2) is 6.20 Å². The van der Waals surface area contributed by atoms with Crippen LogP contribution in [0.5, 0.6) is 5.75 Å². The predicted octanol–water partition coefficient (Wildman–Crippen LogP) is 4.50. The lowest BCUT2D eigenvalue weighted by Crippen LogP contribution is -2.13. The number of aromatic amines is 1. The van der Waals surface area contributed by atoms with E-state index in [1.54, 1.807) is 12.1 Å².